The van der Waals surface area contributed by atoms with E-state index in [-0.39, 0.29) is 12.1 Å². The van der Waals surface area contributed by atoms with Crippen LogP contribution >= 0.6 is 23.2 Å². The molecule has 4 heteroatoms. The van der Waals surface area contributed by atoms with Crippen LogP contribution in [0.25, 0.3) is 0 Å². The molecule has 1 N–H and O–H groups in total. The molecule has 2 unspecified atom stereocenters. The van der Waals surface area contributed by atoms with E-state index in [2.05, 4.69) is 26.1 Å². The second-order valence-electron chi connectivity index (χ2n) is 4.87. The van der Waals surface area contributed by atoms with Crippen molar-refractivity contribution >= 4 is 23.2 Å². The Hall–Kier alpha value is -0.280. The smallest absolute Gasteiger partial charge is 0.0792 e. The molecular weight excluding hydrogens is 281 g/mol. The van der Waals surface area contributed by atoms with E-state index in [9.17, 15) is 0 Å². The number of ether oxygens (including phenoxy) is 1. The summed E-state index contributed by atoms with van der Waals surface area (Å²) >= 11 is 12.4. The lowest BCUT2D eigenvalue weighted by Crippen LogP contribution is -2.37. The Bertz CT molecular complexity index is 396. The molecular formula is C15H23Cl2NO. The standard InChI is InChI=1S/C15H23Cl2NO/c1-5-18-14(15(10(3)4)19-6-2)12-9-11(16)7-8-13(12)17/h7-10,14-15,18H,5-6H2,1-4H3. The van der Waals surface area contributed by atoms with Gasteiger partial charge in [0.1, 0.15) is 0 Å². The van der Waals surface area contributed by atoms with Crippen molar-refractivity contribution in [3.05, 3.63) is 33.8 Å². The van der Waals surface area contributed by atoms with Gasteiger partial charge in [0.25, 0.3) is 0 Å². The monoisotopic (exact) mass is 303 g/mol. The molecule has 0 bridgehead atoms. The molecule has 1 aromatic carbocycles. The topological polar surface area (TPSA) is 21.3 Å². The molecule has 0 aliphatic carbocycles. The van der Waals surface area contributed by atoms with Crippen molar-refractivity contribution in [2.75, 3.05) is 13.2 Å². The minimum Gasteiger partial charge on any atom is -0.376 e. The average Bonchev–Trinajstić information content (AvgIpc) is 2.36. The molecule has 0 heterocycles. The molecule has 0 amide bonds. The number of nitrogens with one attached hydrogen (secondary N) is 1. The number of benzene rings is 1. The van der Waals surface area contributed by atoms with Crippen molar-refractivity contribution in [1.29, 1.82) is 0 Å². The third-order valence-corrected chi connectivity index (χ3v) is 3.64. The van der Waals surface area contributed by atoms with Gasteiger partial charge < -0.3 is 10.1 Å². The highest BCUT2D eigenvalue weighted by Gasteiger charge is 2.27. The molecule has 0 spiro atoms. The maximum Gasteiger partial charge on any atom is 0.0792 e. The summed E-state index contributed by atoms with van der Waals surface area (Å²) in [5.74, 6) is 0.388. The summed E-state index contributed by atoms with van der Waals surface area (Å²) < 4.78 is 5.90. The zero-order valence-electron chi connectivity index (χ0n) is 12.0. The van der Waals surface area contributed by atoms with Crippen molar-refractivity contribution in [2.24, 2.45) is 5.92 Å². The summed E-state index contributed by atoms with van der Waals surface area (Å²) in [5.41, 5.74) is 1.00. The maximum atomic E-state index is 6.32. The molecule has 1 rings (SSSR count). The van der Waals surface area contributed by atoms with E-state index < -0.39 is 0 Å². The van der Waals surface area contributed by atoms with Crippen molar-refractivity contribution in [3.63, 3.8) is 0 Å². The number of halogens is 2. The van der Waals surface area contributed by atoms with Gasteiger partial charge in [0.15, 0.2) is 0 Å². The van der Waals surface area contributed by atoms with Crippen LogP contribution in [0, 0.1) is 5.92 Å². The minimum atomic E-state index is 0.0520. The number of hydrogen-bond donors (Lipinski definition) is 1. The van der Waals surface area contributed by atoms with Gasteiger partial charge in [-0.1, -0.05) is 44.0 Å². The van der Waals surface area contributed by atoms with Gasteiger partial charge in [0.05, 0.1) is 12.1 Å². The molecule has 2 atom stereocenters. The van der Waals surface area contributed by atoms with Crippen LogP contribution in [0.5, 0.6) is 0 Å². The van der Waals surface area contributed by atoms with Gasteiger partial charge in [-0.05, 0) is 43.1 Å². The van der Waals surface area contributed by atoms with Crippen molar-refractivity contribution < 1.29 is 4.74 Å². The average molecular weight is 304 g/mol. The van der Waals surface area contributed by atoms with Crippen LogP contribution in [0.15, 0.2) is 18.2 Å². The molecule has 0 radical (unpaired) electrons. The zero-order valence-corrected chi connectivity index (χ0v) is 13.6. The number of rotatable bonds is 7. The molecule has 1 aromatic rings. The largest absolute Gasteiger partial charge is 0.376 e. The summed E-state index contributed by atoms with van der Waals surface area (Å²) in [7, 11) is 0. The van der Waals surface area contributed by atoms with Crippen molar-refractivity contribution in [2.45, 2.75) is 39.8 Å². The Morgan fingerprint density at radius 3 is 2.42 bits per heavy atom. The molecule has 108 valence electrons. The van der Waals surface area contributed by atoms with Gasteiger partial charge in [-0.3, -0.25) is 0 Å². The van der Waals surface area contributed by atoms with Crippen molar-refractivity contribution in [3.8, 4) is 0 Å². The van der Waals surface area contributed by atoms with E-state index in [0.717, 1.165) is 17.1 Å². The van der Waals surface area contributed by atoms with Gasteiger partial charge in [-0.2, -0.15) is 0 Å². The second-order valence-corrected chi connectivity index (χ2v) is 5.71. The first-order chi connectivity index (χ1) is 9.01. The fourth-order valence-corrected chi connectivity index (χ4v) is 2.66. The summed E-state index contributed by atoms with van der Waals surface area (Å²) in [5, 5.41) is 4.88. The minimum absolute atomic E-state index is 0.0520. The lowest BCUT2D eigenvalue weighted by molar-refractivity contribution is 0.00320. The van der Waals surface area contributed by atoms with E-state index in [1.54, 1.807) is 6.07 Å². The second kappa shape index (κ2) is 8.11. The molecule has 19 heavy (non-hydrogen) atoms. The van der Waals surface area contributed by atoms with Crippen molar-refractivity contribution in [1.82, 2.24) is 5.32 Å². The van der Waals surface area contributed by atoms with Crippen LogP contribution < -0.4 is 5.32 Å². The highest BCUT2D eigenvalue weighted by molar-refractivity contribution is 6.33. The first-order valence-electron chi connectivity index (χ1n) is 6.81. The Labute approximate surface area is 126 Å². The first kappa shape index (κ1) is 16.8. The van der Waals surface area contributed by atoms with Gasteiger partial charge in [-0.25, -0.2) is 0 Å². The Morgan fingerprint density at radius 1 is 1.21 bits per heavy atom. The van der Waals surface area contributed by atoms with Crippen LogP contribution in [0.3, 0.4) is 0 Å². The molecule has 0 aliphatic rings. The lowest BCUT2D eigenvalue weighted by atomic mass is 9.93. The molecule has 0 aliphatic heterocycles. The summed E-state index contributed by atoms with van der Waals surface area (Å²) in [6.45, 7) is 9.94. The Kier molecular flexibility index (Phi) is 7.16. The van der Waals surface area contributed by atoms with Crippen LogP contribution in [-0.2, 0) is 4.74 Å². The number of likely N-dealkylation sites (N-methyl/N-ethyl adjacent to an activating group) is 1. The zero-order chi connectivity index (χ0) is 14.4. The molecule has 0 saturated heterocycles. The Morgan fingerprint density at radius 2 is 1.89 bits per heavy atom. The van der Waals surface area contributed by atoms with Gasteiger partial charge >= 0.3 is 0 Å². The fraction of sp³-hybridized carbons (Fsp3) is 0.600. The van der Waals surface area contributed by atoms with E-state index in [1.165, 1.54) is 0 Å². The van der Waals surface area contributed by atoms with Gasteiger partial charge in [0.2, 0.25) is 0 Å². The summed E-state index contributed by atoms with van der Waals surface area (Å²) in [6.07, 6.45) is 0.0703. The predicted octanol–water partition coefficient (Wildman–Crippen LogP) is 4.71. The number of hydrogen-bond acceptors (Lipinski definition) is 2. The molecule has 0 saturated carbocycles. The van der Waals surface area contributed by atoms with Crippen LogP contribution in [-0.4, -0.2) is 19.3 Å². The van der Waals surface area contributed by atoms with E-state index in [1.807, 2.05) is 19.1 Å². The van der Waals surface area contributed by atoms with Crippen LogP contribution in [0.4, 0.5) is 0 Å². The first-order valence-corrected chi connectivity index (χ1v) is 7.56. The normalized spacial score (nSPS) is 14.7. The van der Waals surface area contributed by atoms with E-state index in [0.29, 0.717) is 17.5 Å². The third kappa shape index (κ3) is 4.64. The quantitative estimate of drug-likeness (QED) is 0.788. The molecule has 0 aromatic heterocycles. The van der Waals surface area contributed by atoms with Gasteiger partial charge in [0, 0.05) is 16.7 Å². The van der Waals surface area contributed by atoms with Gasteiger partial charge in [-0.15, -0.1) is 0 Å². The van der Waals surface area contributed by atoms with Crippen LogP contribution in [0.2, 0.25) is 10.0 Å². The van der Waals surface area contributed by atoms with Crippen LogP contribution in [0.1, 0.15) is 39.3 Å². The predicted molar refractivity (Wildman–Crippen MR) is 83.1 cm³/mol. The highest BCUT2D eigenvalue weighted by Crippen LogP contribution is 2.32. The summed E-state index contributed by atoms with van der Waals surface area (Å²) in [6, 6.07) is 5.62. The molecule has 2 nitrogen and oxygen atoms in total. The van der Waals surface area contributed by atoms with E-state index in [4.69, 9.17) is 27.9 Å². The third-order valence-electron chi connectivity index (χ3n) is 3.06. The highest BCUT2D eigenvalue weighted by atomic mass is 35.5. The Balaban J connectivity index is 3.13. The maximum absolute atomic E-state index is 6.32. The fourth-order valence-electron chi connectivity index (χ4n) is 2.24. The lowest BCUT2D eigenvalue weighted by Gasteiger charge is -2.31. The summed E-state index contributed by atoms with van der Waals surface area (Å²) in [4.78, 5) is 0. The SMILES string of the molecule is CCNC(c1cc(Cl)ccc1Cl)C(OCC)C(C)C. The van der Waals surface area contributed by atoms with E-state index >= 15 is 0 Å². The molecule has 0 fully saturated rings.